The fourth-order valence-corrected chi connectivity index (χ4v) is 1.94. The molecule has 98 valence electrons. The zero-order valence-corrected chi connectivity index (χ0v) is 9.84. The van der Waals surface area contributed by atoms with Gasteiger partial charge in [-0.3, -0.25) is 4.79 Å². The topological polar surface area (TPSA) is 46.3 Å². The number of benzene rings is 1. The molecule has 0 saturated carbocycles. The zero-order valence-electron chi connectivity index (χ0n) is 9.84. The summed E-state index contributed by atoms with van der Waals surface area (Å²) in [4.78, 5) is 13.2. The fraction of sp³-hybridized carbons (Fsp3) is 0.417. The van der Waals surface area contributed by atoms with Gasteiger partial charge < -0.3 is 10.6 Å². The standard InChI is InChI=1S/C12H13F3N2O/c1-2-12(16)5-17(6-12)11(18)7-3-4-8(13)10(15)9(7)14/h3-4H,2,5-6,16H2,1H3. The second-order valence-corrected chi connectivity index (χ2v) is 4.60. The van der Waals surface area contributed by atoms with Crippen LogP contribution >= 0.6 is 0 Å². The number of rotatable bonds is 2. The quantitative estimate of drug-likeness (QED) is 0.820. The smallest absolute Gasteiger partial charge is 0.257 e. The molecule has 1 fully saturated rings. The van der Waals surface area contributed by atoms with Crippen molar-refractivity contribution >= 4 is 5.91 Å². The van der Waals surface area contributed by atoms with Crippen LogP contribution in [0.2, 0.25) is 0 Å². The summed E-state index contributed by atoms with van der Waals surface area (Å²) in [5.74, 6) is -5.06. The van der Waals surface area contributed by atoms with Gasteiger partial charge in [-0.2, -0.15) is 0 Å². The van der Waals surface area contributed by atoms with Crippen molar-refractivity contribution in [2.24, 2.45) is 5.73 Å². The second kappa shape index (κ2) is 4.28. The van der Waals surface area contributed by atoms with Crippen molar-refractivity contribution < 1.29 is 18.0 Å². The fourth-order valence-electron chi connectivity index (χ4n) is 1.94. The number of amides is 1. The van der Waals surface area contributed by atoms with Crippen LogP contribution in [0.4, 0.5) is 13.2 Å². The molecule has 1 aromatic rings. The SMILES string of the molecule is CCC1(N)CN(C(=O)c2ccc(F)c(F)c2F)C1. The number of carbonyl (C=O) groups is 1. The first-order valence-electron chi connectivity index (χ1n) is 5.59. The van der Waals surface area contributed by atoms with Crippen molar-refractivity contribution in [3.8, 4) is 0 Å². The van der Waals surface area contributed by atoms with E-state index < -0.39 is 34.5 Å². The first-order valence-corrected chi connectivity index (χ1v) is 5.59. The average molecular weight is 258 g/mol. The Kier molecular flexibility index (Phi) is 3.06. The predicted molar refractivity (Wildman–Crippen MR) is 59.4 cm³/mol. The van der Waals surface area contributed by atoms with Crippen LogP contribution in [0.1, 0.15) is 23.7 Å². The van der Waals surface area contributed by atoms with Gasteiger partial charge in [0.1, 0.15) is 0 Å². The summed E-state index contributed by atoms with van der Waals surface area (Å²) in [7, 11) is 0. The van der Waals surface area contributed by atoms with Crippen molar-refractivity contribution in [2.45, 2.75) is 18.9 Å². The van der Waals surface area contributed by atoms with Gasteiger partial charge in [0.05, 0.1) is 11.1 Å². The lowest BCUT2D eigenvalue weighted by molar-refractivity contribution is 0.0395. The van der Waals surface area contributed by atoms with E-state index in [9.17, 15) is 18.0 Å². The molecular formula is C12H13F3N2O. The summed E-state index contributed by atoms with van der Waals surface area (Å²) < 4.78 is 39.2. The highest BCUT2D eigenvalue weighted by atomic mass is 19.2. The van der Waals surface area contributed by atoms with Crippen molar-refractivity contribution in [3.63, 3.8) is 0 Å². The number of nitrogens with zero attached hydrogens (tertiary/aromatic N) is 1. The van der Waals surface area contributed by atoms with Gasteiger partial charge in [0, 0.05) is 13.1 Å². The lowest BCUT2D eigenvalue weighted by Gasteiger charge is -2.47. The van der Waals surface area contributed by atoms with E-state index in [1.807, 2.05) is 6.92 Å². The molecule has 1 aliphatic rings. The predicted octanol–water partition coefficient (Wildman–Crippen LogP) is 1.67. The molecule has 6 heteroatoms. The molecule has 0 spiro atoms. The second-order valence-electron chi connectivity index (χ2n) is 4.60. The summed E-state index contributed by atoms with van der Waals surface area (Å²) >= 11 is 0. The Morgan fingerprint density at radius 3 is 2.50 bits per heavy atom. The molecule has 0 unspecified atom stereocenters. The lowest BCUT2D eigenvalue weighted by atomic mass is 9.87. The Balaban J connectivity index is 2.19. The summed E-state index contributed by atoms with van der Waals surface area (Å²) in [6, 6.07) is 1.68. The van der Waals surface area contributed by atoms with E-state index in [2.05, 4.69) is 0 Å². The van der Waals surface area contributed by atoms with Gasteiger partial charge in [0.25, 0.3) is 5.91 Å². The number of carbonyl (C=O) groups excluding carboxylic acids is 1. The molecule has 1 heterocycles. The molecule has 0 aliphatic carbocycles. The van der Waals surface area contributed by atoms with Crippen LogP contribution < -0.4 is 5.73 Å². The Labute approximate surface area is 102 Å². The van der Waals surface area contributed by atoms with Gasteiger partial charge in [0.15, 0.2) is 17.5 Å². The molecule has 1 amide bonds. The van der Waals surface area contributed by atoms with Crippen LogP contribution in [0.5, 0.6) is 0 Å². The first-order chi connectivity index (χ1) is 8.38. The van der Waals surface area contributed by atoms with Gasteiger partial charge >= 0.3 is 0 Å². The summed E-state index contributed by atoms with van der Waals surface area (Å²) in [6.07, 6.45) is 0.692. The number of likely N-dealkylation sites (tertiary alicyclic amines) is 1. The monoisotopic (exact) mass is 258 g/mol. The molecule has 1 saturated heterocycles. The van der Waals surface area contributed by atoms with Crippen LogP contribution in [0.25, 0.3) is 0 Å². The maximum atomic E-state index is 13.4. The van der Waals surface area contributed by atoms with E-state index in [1.54, 1.807) is 0 Å². The van der Waals surface area contributed by atoms with Gasteiger partial charge in [-0.1, -0.05) is 6.92 Å². The van der Waals surface area contributed by atoms with Gasteiger partial charge in [-0.15, -0.1) is 0 Å². The summed E-state index contributed by atoms with van der Waals surface area (Å²) in [6.45, 7) is 2.47. The summed E-state index contributed by atoms with van der Waals surface area (Å²) in [5, 5.41) is 0. The third-order valence-corrected chi connectivity index (χ3v) is 3.27. The molecule has 0 atom stereocenters. The van der Waals surface area contributed by atoms with Crippen LogP contribution in [-0.2, 0) is 0 Å². The zero-order chi connectivity index (χ0) is 13.5. The van der Waals surface area contributed by atoms with Gasteiger partial charge in [0.2, 0.25) is 0 Å². The molecule has 3 nitrogen and oxygen atoms in total. The molecule has 0 radical (unpaired) electrons. The van der Waals surface area contributed by atoms with Crippen LogP contribution in [0.3, 0.4) is 0 Å². The Morgan fingerprint density at radius 1 is 1.33 bits per heavy atom. The maximum Gasteiger partial charge on any atom is 0.257 e. The average Bonchev–Trinajstić information content (AvgIpc) is 2.31. The van der Waals surface area contributed by atoms with Crippen molar-refractivity contribution in [2.75, 3.05) is 13.1 Å². The Bertz CT molecular complexity index is 498. The van der Waals surface area contributed by atoms with Crippen molar-refractivity contribution in [3.05, 3.63) is 35.1 Å². The molecule has 1 aromatic carbocycles. The van der Waals surface area contributed by atoms with Gasteiger partial charge in [-0.05, 0) is 18.6 Å². The van der Waals surface area contributed by atoms with Crippen LogP contribution in [0, 0.1) is 17.5 Å². The van der Waals surface area contributed by atoms with E-state index >= 15 is 0 Å². The number of hydrogen-bond acceptors (Lipinski definition) is 2. The largest absolute Gasteiger partial charge is 0.335 e. The molecule has 0 bridgehead atoms. The molecular weight excluding hydrogens is 245 g/mol. The van der Waals surface area contributed by atoms with E-state index in [0.29, 0.717) is 19.5 Å². The van der Waals surface area contributed by atoms with Gasteiger partial charge in [-0.25, -0.2) is 13.2 Å². The molecule has 2 rings (SSSR count). The molecule has 18 heavy (non-hydrogen) atoms. The Hall–Kier alpha value is -1.56. The highest BCUT2D eigenvalue weighted by molar-refractivity contribution is 5.95. The van der Waals surface area contributed by atoms with Crippen LogP contribution in [0.15, 0.2) is 12.1 Å². The first kappa shape index (κ1) is 12.9. The van der Waals surface area contributed by atoms with E-state index in [0.717, 1.165) is 12.1 Å². The van der Waals surface area contributed by atoms with Crippen LogP contribution in [-0.4, -0.2) is 29.4 Å². The Morgan fingerprint density at radius 2 is 1.94 bits per heavy atom. The molecule has 2 N–H and O–H groups in total. The highest BCUT2D eigenvalue weighted by Crippen LogP contribution is 2.25. The molecule has 0 aromatic heterocycles. The summed E-state index contributed by atoms with van der Waals surface area (Å²) in [5.41, 5.74) is 4.96. The minimum Gasteiger partial charge on any atom is -0.335 e. The van der Waals surface area contributed by atoms with E-state index in [1.165, 1.54) is 4.90 Å². The minimum absolute atomic E-state index is 0.292. The highest BCUT2D eigenvalue weighted by Gasteiger charge is 2.41. The maximum absolute atomic E-state index is 13.4. The lowest BCUT2D eigenvalue weighted by Crippen LogP contribution is -2.68. The molecule has 1 aliphatic heterocycles. The van der Waals surface area contributed by atoms with E-state index in [4.69, 9.17) is 5.73 Å². The van der Waals surface area contributed by atoms with Crippen molar-refractivity contribution in [1.82, 2.24) is 4.90 Å². The number of nitrogens with two attached hydrogens (primary N) is 1. The third-order valence-electron chi connectivity index (χ3n) is 3.27. The third kappa shape index (κ3) is 1.96. The minimum atomic E-state index is -1.63. The van der Waals surface area contributed by atoms with E-state index in [-0.39, 0.29) is 0 Å². The van der Waals surface area contributed by atoms with Crippen molar-refractivity contribution in [1.29, 1.82) is 0 Å². The number of hydrogen-bond donors (Lipinski definition) is 1. The normalized spacial score (nSPS) is 17.5. The number of halogens is 3.